The molecule has 0 radical (unpaired) electrons. The maximum Gasteiger partial charge on any atom is 0.259 e. The molecule has 3 rings (SSSR count). The number of nitrogens with one attached hydrogen (secondary N) is 1. The number of hydrogen-bond donors (Lipinski definition) is 1. The minimum atomic E-state index is -0.156. The number of aryl methyl sites for hydroxylation is 3. The molecule has 0 aliphatic heterocycles. The molecule has 0 spiro atoms. The van der Waals surface area contributed by atoms with Gasteiger partial charge in [0.15, 0.2) is 0 Å². The summed E-state index contributed by atoms with van der Waals surface area (Å²) in [4.78, 5) is 12.5. The van der Waals surface area contributed by atoms with Crippen molar-refractivity contribution < 1.29 is 9.21 Å². The maximum absolute atomic E-state index is 12.5. The number of benzene rings is 2. The minimum absolute atomic E-state index is 0.156. The van der Waals surface area contributed by atoms with E-state index in [1.807, 2.05) is 69.3 Å². The van der Waals surface area contributed by atoms with Crippen LogP contribution >= 0.6 is 0 Å². The van der Waals surface area contributed by atoms with Crippen LogP contribution in [0.4, 0.5) is 5.69 Å². The highest BCUT2D eigenvalue weighted by Crippen LogP contribution is 2.26. The molecule has 1 aromatic heterocycles. The molecule has 0 aliphatic carbocycles. The molecule has 116 valence electrons. The molecule has 1 N–H and O–H groups in total. The smallest absolute Gasteiger partial charge is 0.259 e. The van der Waals surface area contributed by atoms with Crippen LogP contribution in [0.25, 0.3) is 11.3 Å². The van der Waals surface area contributed by atoms with Crippen molar-refractivity contribution in [2.45, 2.75) is 20.8 Å². The predicted molar refractivity (Wildman–Crippen MR) is 92.8 cm³/mol. The molecule has 0 fully saturated rings. The van der Waals surface area contributed by atoms with Crippen LogP contribution in [0, 0.1) is 20.8 Å². The second kappa shape index (κ2) is 6.13. The lowest BCUT2D eigenvalue weighted by atomic mass is 10.1. The van der Waals surface area contributed by atoms with E-state index in [0.717, 1.165) is 16.8 Å². The van der Waals surface area contributed by atoms with Crippen LogP contribution in [0.15, 0.2) is 59.0 Å². The molecule has 0 aliphatic rings. The van der Waals surface area contributed by atoms with Gasteiger partial charge in [-0.25, -0.2) is 0 Å². The zero-order valence-corrected chi connectivity index (χ0v) is 13.5. The van der Waals surface area contributed by atoms with Gasteiger partial charge >= 0.3 is 0 Å². The van der Waals surface area contributed by atoms with Gasteiger partial charge in [0.05, 0.1) is 5.56 Å². The topological polar surface area (TPSA) is 42.2 Å². The van der Waals surface area contributed by atoms with Crippen LogP contribution in [0.3, 0.4) is 0 Å². The van der Waals surface area contributed by atoms with Gasteiger partial charge in [0.1, 0.15) is 11.5 Å². The van der Waals surface area contributed by atoms with Crippen molar-refractivity contribution in [2.75, 3.05) is 5.32 Å². The zero-order valence-electron chi connectivity index (χ0n) is 13.5. The van der Waals surface area contributed by atoms with Crippen LogP contribution < -0.4 is 5.32 Å². The monoisotopic (exact) mass is 305 g/mol. The first-order chi connectivity index (χ1) is 11.0. The van der Waals surface area contributed by atoms with Crippen LogP contribution in [-0.4, -0.2) is 5.91 Å². The molecule has 3 nitrogen and oxygen atoms in total. The first kappa shape index (κ1) is 15.1. The number of carbonyl (C=O) groups is 1. The van der Waals surface area contributed by atoms with E-state index in [-0.39, 0.29) is 5.91 Å². The van der Waals surface area contributed by atoms with Gasteiger partial charge in [-0.2, -0.15) is 0 Å². The van der Waals surface area contributed by atoms with Gasteiger partial charge in [0.25, 0.3) is 5.91 Å². The molecular weight excluding hydrogens is 286 g/mol. The van der Waals surface area contributed by atoms with Gasteiger partial charge in [-0.15, -0.1) is 0 Å². The average molecular weight is 305 g/mol. The molecule has 0 atom stereocenters. The number of rotatable bonds is 3. The molecule has 1 heterocycles. The summed E-state index contributed by atoms with van der Waals surface area (Å²) in [6.45, 7) is 5.89. The molecule has 0 saturated carbocycles. The Kier molecular flexibility index (Phi) is 4.02. The molecular formula is C20H19NO2. The van der Waals surface area contributed by atoms with Gasteiger partial charge in [0.2, 0.25) is 0 Å². The van der Waals surface area contributed by atoms with Crippen molar-refractivity contribution >= 4 is 11.6 Å². The lowest BCUT2D eigenvalue weighted by molar-refractivity contribution is 0.102. The maximum atomic E-state index is 12.5. The predicted octanol–water partition coefficient (Wildman–Crippen LogP) is 5.12. The van der Waals surface area contributed by atoms with Crippen molar-refractivity contribution in [2.24, 2.45) is 0 Å². The summed E-state index contributed by atoms with van der Waals surface area (Å²) in [6.07, 6.45) is 0. The normalized spacial score (nSPS) is 10.6. The number of anilines is 1. The molecule has 3 heteroatoms. The van der Waals surface area contributed by atoms with Crippen molar-refractivity contribution in [1.82, 2.24) is 0 Å². The summed E-state index contributed by atoms with van der Waals surface area (Å²) in [5.41, 5.74) is 4.66. The molecule has 0 saturated heterocycles. The Hall–Kier alpha value is -2.81. The Morgan fingerprint density at radius 1 is 0.913 bits per heavy atom. The SMILES string of the molecule is Cc1ccc(NC(=O)c2cc(-c3ccccc3)oc2C)cc1C. The highest BCUT2D eigenvalue weighted by atomic mass is 16.3. The van der Waals surface area contributed by atoms with E-state index in [9.17, 15) is 4.79 Å². The highest BCUT2D eigenvalue weighted by molar-refractivity contribution is 6.05. The summed E-state index contributed by atoms with van der Waals surface area (Å²) in [5.74, 6) is 1.16. The number of furan rings is 1. The third-order valence-electron chi connectivity index (χ3n) is 3.99. The van der Waals surface area contributed by atoms with Gasteiger partial charge in [-0.05, 0) is 50.1 Å². The summed E-state index contributed by atoms with van der Waals surface area (Å²) < 4.78 is 5.74. The number of hydrogen-bond acceptors (Lipinski definition) is 2. The standard InChI is InChI=1S/C20H19NO2/c1-13-9-10-17(11-14(13)2)21-20(22)18-12-19(23-15(18)3)16-7-5-4-6-8-16/h4-12H,1-3H3,(H,21,22). The van der Waals surface area contributed by atoms with E-state index in [4.69, 9.17) is 4.42 Å². The van der Waals surface area contributed by atoms with E-state index < -0.39 is 0 Å². The molecule has 1 amide bonds. The lowest BCUT2D eigenvalue weighted by Gasteiger charge is -2.07. The fraction of sp³-hybridized carbons (Fsp3) is 0.150. The number of amides is 1. The first-order valence-corrected chi connectivity index (χ1v) is 7.59. The van der Waals surface area contributed by atoms with Gasteiger partial charge in [0, 0.05) is 11.3 Å². The lowest BCUT2D eigenvalue weighted by Crippen LogP contribution is -2.12. The second-order valence-corrected chi connectivity index (χ2v) is 5.70. The Morgan fingerprint density at radius 2 is 1.65 bits per heavy atom. The van der Waals surface area contributed by atoms with E-state index in [2.05, 4.69) is 5.32 Å². The minimum Gasteiger partial charge on any atom is -0.461 e. The molecule has 23 heavy (non-hydrogen) atoms. The van der Waals surface area contributed by atoms with Crippen molar-refractivity contribution in [3.63, 3.8) is 0 Å². The average Bonchev–Trinajstić information content (AvgIpc) is 2.94. The summed E-state index contributed by atoms with van der Waals surface area (Å²) in [7, 11) is 0. The molecule has 0 unspecified atom stereocenters. The van der Waals surface area contributed by atoms with Crippen LogP contribution in [0.2, 0.25) is 0 Å². The van der Waals surface area contributed by atoms with Crippen LogP contribution in [-0.2, 0) is 0 Å². The first-order valence-electron chi connectivity index (χ1n) is 7.59. The Bertz CT molecular complexity index is 847. The van der Waals surface area contributed by atoms with E-state index >= 15 is 0 Å². The van der Waals surface area contributed by atoms with Crippen molar-refractivity contribution in [1.29, 1.82) is 0 Å². The number of carbonyl (C=O) groups excluding carboxylic acids is 1. The molecule has 3 aromatic rings. The molecule has 0 bridgehead atoms. The summed E-state index contributed by atoms with van der Waals surface area (Å²) >= 11 is 0. The van der Waals surface area contributed by atoms with E-state index in [1.54, 1.807) is 6.07 Å². The van der Waals surface area contributed by atoms with Gasteiger partial charge in [-0.3, -0.25) is 4.79 Å². The van der Waals surface area contributed by atoms with E-state index in [1.165, 1.54) is 5.56 Å². The summed E-state index contributed by atoms with van der Waals surface area (Å²) in [6, 6.07) is 17.4. The largest absolute Gasteiger partial charge is 0.461 e. The Labute approximate surface area is 136 Å². The zero-order chi connectivity index (χ0) is 16.4. The van der Waals surface area contributed by atoms with Gasteiger partial charge in [-0.1, -0.05) is 36.4 Å². The van der Waals surface area contributed by atoms with Crippen LogP contribution in [0.1, 0.15) is 27.2 Å². The van der Waals surface area contributed by atoms with Crippen molar-refractivity contribution in [3.05, 3.63) is 77.0 Å². The Morgan fingerprint density at radius 3 is 2.35 bits per heavy atom. The van der Waals surface area contributed by atoms with E-state index in [0.29, 0.717) is 17.1 Å². The van der Waals surface area contributed by atoms with Crippen molar-refractivity contribution in [3.8, 4) is 11.3 Å². The quantitative estimate of drug-likeness (QED) is 0.729. The summed E-state index contributed by atoms with van der Waals surface area (Å²) in [5, 5.41) is 2.93. The fourth-order valence-corrected chi connectivity index (χ4v) is 2.47. The highest BCUT2D eigenvalue weighted by Gasteiger charge is 2.16. The Balaban J connectivity index is 1.85. The molecule has 2 aromatic carbocycles. The third-order valence-corrected chi connectivity index (χ3v) is 3.99. The third kappa shape index (κ3) is 3.19. The van der Waals surface area contributed by atoms with Crippen LogP contribution in [0.5, 0.6) is 0 Å². The van der Waals surface area contributed by atoms with Gasteiger partial charge < -0.3 is 9.73 Å². The second-order valence-electron chi connectivity index (χ2n) is 5.70. The fourth-order valence-electron chi connectivity index (χ4n) is 2.47.